The van der Waals surface area contributed by atoms with Crippen molar-refractivity contribution in [1.29, 1.82) is 0 Å². The Morgan fingerprint density at radius 3 is 1.46 bits per heavy atom. The van der Waals surface area contributed by atoms with Crippen LogP contribution in [0.4, 0.5) is 0 Å². The minimum absolute atomic E-state index is 0.231. The second-order valence-corrected chi connectivity index (χ2v) is 12.1. The van der Waals surface area contributed by atoms with Gasteiger partial charge in [-0.3, -0.25) is 0 Å². The fourth-order valence-corrected chi connectivity index (χ4v) is 4.37. The molecule has 0 unspecified atom stereocenters. The van der Waals surface area contributed by atoms with E-state index in [9.17, 15) is 19.3 Å². The lowest BCUT2D eigenvalue weighted by atomic mass is 9.77. The molecule has 0 saturated heterocycles. The molecule has 0 bridgehead atoms. The van der Waals surface area contributed by atoms with Crippen molar-refractivity contribution >= 4 is 15.6 Å². The van der Waals surface area contributed by atoms with Crippen LogP contribution in [-0.2, 0) is 18.9 Å². The van der Waals surface area contributed by atoms with Gasteiger partial charge in [-0.2, -0.15) is 4.31 Å². The van der Waals surface area contributed by atoms with Gasteiger partial charge in [0.15, 0.2) is 0 Å². The van der Waals surface area contributed by atoms with Crippen molar-refractivity contribution in [3.05, 3.63) is 83.9 Å². The summed E-state index contributed by atoms with van der Waals surface area (Å²) < 4.78 is 22.2. The quantitative estimate of drug-likeness (QED) is 0.155. The normalized spacial score (nSPS) is 12.0. The maximum Gasteiger partial charge on any atom is 0.478 e. The molecule has 0 radical (unpaired) electrons. The van der Waals surface area contributed by atoms with Crippen LogP contribution in [0.3, 0.4) is 0 Å². The summed E-state index contributed by atoms with van der Waals surface area (Å²) in [6, 6.07) is 22.9. The molecule has 0 spiro atoms. The number of aliphatic hydroxyl groups excluding tert-OH is 4. The van der Waals surface area contributed by atoms with Crippen LogP contribution < -0.4 is 0 Å². The van der Waals surface area contributed by atoms with Crippen LogP contribution >= 0.6 is 15.6 Å². The van der Waals surface area contributed by atoms with Gasteiger partial charge in [-0.15, -0.1) is 0 Å². The van der Waals surface area contributed by atoms with Crippen molar-refractivity contribution in [2.45, 2.75) is 19.3 Å². The highest BCUT2D eigenvalue weighted by molar-refractivity contribution is 7.60. The molecule has 0 aliphatic carbocycles. The van der Waals surface area contributed by atoms with Gasteiger partial charge in [0.1, 0.15) is 11.5 Å². The summed E-state index contributed by atoms with van der Waals surface area (Å²) in [6.45, 7) is 2.65. The Bertz CT molecular complexity index is 1260. The molecule has 0 heterocycles. The molecule has 228 valence electrons. The number of hydrogen-bond acceptors (Lipinski definition) is 9. The summed E-state index contributed by atoms with van der Waals surface area (Å²) in [5.41, 5.74) is 2.70. The molecular formula is C26H36O13P2. The van der Waals surface area contributed by atoms with Crippen molar-refractivity contribution in [1.82, 2.24) is 0 Å². The Kier molecular flexibility index (Phi) is 13.8. The lowest BCUT2D eigenvalue weighted by molar-refractivity contribution is -0.0328. The van der Waals surface area contributed by atoms with Crippen LogP contribution in [0.1, 0.15) is 25.0 Å². The molecule has 0 saturated carbocycles. The van der Waals surface area contributed by atoms with E-state index in [4.69, 9.17) is 40.0 Å². The predicted octanol–water partition coefficient (Wildman–Crippen LogP) is 2.22. The standard InChI is InChI=1S/C21H20O2.C5H12O4.H4O7P2/c1-21(2,16-8-11-18(22)12-9-16)17-10-13-20(23)19(14-17)15-6-4-3-5-7-15;6-1-5(2-7,3-8)4-9;1-8(2,3)7-9(4,5)6/h3-14,22-23H,1-2H3;6-9H,1-4H2;(H2,1,2,3)(H2,4,5,6). The van der Waals surface area contributed by atoms with Gasteiger partial charge in [0.25, 0.3) is 0 Å². The number of phenols is 2. The van der Waals surface area contributed by atoms with E-state index in [1.165, 1.54) is 0 Å². The molecule has 10 N–H and O–H groups in total. The van der Waals surface area contributed by atoms with Crippen molar-refractivity contribution in [3.8, 4) is 22.6 Å². The van der Waals surface area contributed by atoms with Gasteiger partial charge in [-0.1, -0.05) is 62.4 Å². The molecule has 41 heavy (non-hydrogen) atoms. The van der Waals surface area contributed by atoms with E-state index in [1.807, 2.05) is 54.6 Å². The average molecular weight is 619 g/mol. The minimum Gasteiger partial charge on any atom is -0.508 e. The van der Waals surface area contributed by atoms with Gasteiger partial charge in [0, 0.05) is 11.0 Å². The number of rotatable bonds is 9. The molecule has 3 rings (SSSR count). The summed E-state index contributed by atoms with van der Waals surface area (Å²) in [4.78, 5) is 31.0. The topological polar surface area (TPSA) is 246 Å². The summed E-state index contributed by atoms with van der Waals surface area (Å²) >= 11 is 0. The van der Waals surface area contributed by atoms with Gasteiger partial charge < -0.3 is 50.2 Å². The number of aliphatic hydroxyl groups is 4. The van der Waals surface area contributed by atoms with E-state index in [0.29, 0.717) is 0 Å². The zero-order valence-electron chi connectivity index (χ0n) is 22.3. The first kappa shape index (κ1) is 36.4. The highest BCUT2D eigenvalue weighted by Crippen LogP contribution is 2.53. The Morgan fingerprint density at radius 1 is 0.659 bits per heavy atom. The highest BCUT2D eigenvalue weighted by atomic mass is 31.3. The Balaban J connectivity index is 0.000000387. The van der Waals surface area contributed by atoms with E-state index in [0.717, 1.165) is 22.3 Å². The molecular weight excluding hydrogens is 582 g/mol. The molecule has 0 aliphatic heterocycles. The zero-order chi connectivity index (χ0) is 31.5. The summed E-state index contributed by atoms with van der Waals surface area (Å²) in [7, 11) is -10.1. The lowest BCUT2D eigenvalue weighted by Gasteiger charge is -2.27. The van der Waals surface area contributed by atoms with Gasteiger partial charge in [-0.25, -0.2) is 9.13 Å². The fourth-order valence-electron chi connectivity index (χ4n) is 3.26. The predicted molar refractivity (Wildman–Crippen MR) is 150 cm³/mol. The van der Waals surface area contributed by atoms with Gasteiger partial charge in [0.05, 0.1) is 31.8 Å². The maximum atomic E-state index is 10.2. The van der Waals surface area contributed by atoms with E-state index < -0.39 is 47.5 Å². The minimum atomic E-state index is -5.05. The first-order valence-corrected chi connectivity index (χ1v) is 14.9. The molecule has 0 atom stereocenters. The second-order valence-electron chi connectivity index (χ2n) is 9.47. The highest BCUT2D eigenvalue weighted by Gasteiger charge is 2.28. The molecule has 0 fully saturated rings. The molecule has 3 aromatic rings. The number of aromatic hydroxyl groups is 2. The van der Waals surface area contributed by atoms with E-state index in [2.05, 4.69) is 18.2 Å². The molecule has 3 aromatic carbocycles. The maximum absolute atomic E-state index is 10.2. The van der Waals surface area contributed by atoms with Crippen molar-refractivity contribution in [2.24, 2.45) is 5.41 Å². The van der Waals surface area contributed by atoms with Crippen LogP contribution in [-0.4, -0.2) is 76.6 Å². The average Bonchev–Trinajstić information content (AvgIpc) is 2.90. The van der Waals surface area contributed by atoms with E-state index >= 15 is 0 Å². The number of phenolic OH excluding ortho intramolecular Hbond substituents is 2. The SMILES string of the molecule is CC(C)(c1ccc(O)cc1)c1ccc(O)c(-c2ccccc2)c1.O=P(O)(O)OP(=O)(O)O.OCC(CO)(CO)CO. The Hall–Kier alpha value is -2.64. The van der Waals surface area contributed by atoms with Gasteiger partial charge in [0.2, 0.25) is 0 Å². The first-order valence-electron chi connectivity index (χ1n) is 11.9. The van der Waals surface area contributed by atoms with Crippen LogP contribution in [0, 0.1) is 5.41 Å². The molecule has 0 aliphatic rings. The molecule has 0 amide bonds. The van der Waals surface area contributed by atoms with Gasteiger partial charge in [-0.05, 0) is 41.0 Å². The summed E-state index contributed by atoms with van der Waals surface area (Å²) in [5.74, 6) is 0.543. The number of phosphoric acid groups is 2. The molecule has 15 heteroatoms. The third kappa shape index (κ3) is 12.0. The number of benzene rings is 3. The lowest BCUT2D eigenvalue weighted by Crippen LogP contribution is -2.37. The van der Waals surface area contributed by atoms with Crippen LogP contribution in [0.25, 0.3) is 11.1 Å². The van der Waals surface area contributed by atoms with Crippen LogP contribution in [0.5, 0.6) is 11.5 Å². The Labute approximate surface area is 237 Å². The third-order valence-corrected chi connectivity index (χ3v) is 7.65. The summed E-state index contributed by atoms with van der Waals surface area (Å²) in [6.07, 6.45) is 0. The zero-order valence-corrected chi connectivity index (χ0v) is 24.1. The first-order chi connectivity index (χ1) is 18.9. The van der Waals surface area contributed by atoms with E-state index in [-0.39, 0.29) is 16.9 Å². The monoisotopic (exact) mass is 618 g/mol. The van der Waals surface area contributed by atoms with Crippen LogP contribution in [0.15, 0.2) is 72.8 Å². The summed E-state index contributed by atoms with van der Waals surface area (Å²) in [5, 5.41) is 53.7. The molecule has 13 nitrogen and oxygen atoms in total. The number of hydrogen-bond donors (Lipinski definition) is 10. The van der Waals surface area contributed by atoms with Gasteiger partial charge >= 0.3 is 15.6 Å². The fraction of sp³-hybridized carbons (Fsp3) is 0.308. The largest absolute Gasteiger partial charge is 0.508 e. The van der Waals surface area contributed by atoms with Crippen LogP contribution in [0.2, 0.25) is 0 Å². The third-order valence-electron chi connectivity index (χ3n) is 5.95. The smallest absolute Gasteiger partial charge is 0.478 e. The van der Waals surface area contributed by atoms with Crippen molar-refractivity contribution in [3.63, 3.8) is 0 Å². The van der Waals surface area contributed by atoms with Crippen molar-refractivity contribution in [2.75, 3.05) is 26.4 Å². The van der Waals surface area contributed by atoms with Crippen molar-refractivity contribution < 1.29 is 63.7 Å². The molecule has 0 aromatic heterocycles. The second kappa shape index (κ2) is 15.5. The Morgan fingerprint density at radius 2 is 1.10 bits per heavy atom. The van der Waals surface area contributed by atoms with E-state index in [1.54, 1.807) is 18.2 Å².